The van der Waals surface area contributed by atoms with Crippen molar-refractivity contribution in [2.24, 2.45) is 46.3 Å². The molecular formula is C44H61NO7. The molecule has 0 radical (unpaired) electrons. The number of rotatable bonds is 13. The number of aliphatic hydroxyl groups is 3. The molecule has 1 amide bonds. The van der Waals surface area contributed by atoms with Gasteiger partial charge in [0.25, 0.3) is 0 Å². The first-order valence-electron chi connectivity index (χ1n) is 20.1. The van der Waals surface area contributed by atoms with Crippen LogP contribution in [0.5, 0.6) is 0 Å². The molecule has 0 spiro atoms. The molecule has 4 saturated carbocycles. The predicted octanol–water partition coefficient (Wildman–Crippen LogP) is 6.91. The zero-order chi connectivity index (χ0) is 36.5. The molecule has 8 nitrogen and oxygen atoms in total. The van der Waals surface area contributed by atoms with Gasteiger partial charge in [-0.25, -0.2) is 0 Å². The molecule has 4 fully saturated rings. The third-order valence-electron chi connectivity index (χ3n) is 14.5. The van der Waals surface area contributed by atoms with Gasteiger partial charge in [0.15, 0.2) is 11.5 Å². The summed E-state index contributed by atoms with van der Waals surface area (Å²) in [4.78, 5) is 13.2. The van der Waals surface area contributed by atoms with Crippen LogP contribution in [-0.2, 0) is 32.2 Å². The van der Waals surface area contributed by atoms with Crippen LogP contribution in [0.4, 0.5) is 0 Å². The maximum atomic E-state index is 13.2. The van der Waals surface area contributed by atoms with Crippen LogP contribution in [0.2, 0.25) is 0 Å². The van der Waals surface area contributed by atoms with Crippen molar-refractivity contribution >= 4 is 5.91 Å². The largest absolute Gasteiger partial charge is 0.487 e. The zero-order valence-electron chi connectivity index (χ0n) is 31.4. The van der Waals surface area contributed by atoms with Gasteiger partial charge in [0, 0.05) is 13.0 Å². The molecule has 1 heterocycles. The molecule has 7 rings (SSSR count). The van der Waals surface area contributed by atoms with Gasteiger partial charge in [0.05, 0.1) is 12.2 Å². The van der Waals surface area contributed by atoms with Crippen molar-refractivity contribution < 1.29 is 34.3 Å². The molecule has 284 valence electrons. The highest BCUT2D eigenvalue weighted by atomic mass is 16.6. The van der Waals surface area contributed by atoms with E-state index in [4.69, 9.17) is 14.2 Å². The molecule has 12 atom stereocenters. The Morgan fingerprint density at radius 3 is 2.25 bits per heavy atom. The fourth-order valence-electron chi connectivity index (χ4n) is 11.7. The van der Waals surface area contributed by atoms with Crippen LogP contribution in [0.25, 0.3) is 0 Å². The second-order valence-corrected chi connectivity index (χ2v) is 17.4. The van der Waals surface area contributed by atoms with Gasteiger partial charge >= 0.3 is 0 Å². The lowest BCUT2D eigenvalue weighted by molar-refractivity contribution is -0.174. The highest BCUT2D eigenvalue weighted by molar-refractivity contribution is 5.75. The molecule has 2 aromatic carbocycles. The topological polar surface area (TPSA) is 117 Å². The van der Waals surface area contributed by atoms with Crippen LogP contribution >= 0.6 is 0 Å². The molecule has 2 aromatic rings. The van der Waals surface area contributed by atoms with Gasteiger partial charge in [-0.2, -0.15) is 0 Å². The van der Waals surface area contributed by atoms with E-state index < -0.39 is 12.2 Å². The van der Waals surface area contributed by atoms with Gasteiger partial charge in [-0.3, -0.25) is 4.79 Å². The number of carbonyl (C=O) groups is 1. The van der Waals surface area contributed by atoms with Crippen LogP contribution < -0.4 is 5.32 Å². The van der Waals surface area contributed by atoms with E-state index in [0.717, 1.165) is 62.5 Å². The van der Waals surface area contributed by atoms with Gasteiger partial charge in [0.1, 0.15) is 32.0 Å². The third kappa shape index (κ3) is 7.55. The normalized spacial score (nSPS) is 36.7. The quantitative estimate of drug-likeness (QED) is 0.178. The predicted molar refractivity (Wildman–Crippen MR) is 199 cm³/mol. The number of carbonyl (C=O) groups excluding carboxylic acids is 1. The van der Waals surface area contributed by atoms with Crippen molar-refractivity contribution in [2.75, 3.05) is 13.2 Å². The molecular weight excluding hydrogens is 654 g/mol. The molecule has 8 heteroatoms. The average Bonchev–Trinajstić information content (AvgIpc) is 3.73. The fourth-order valence-corrected chi connectivity index (χ4v) is 11.7. The van der Waals surface area contributed by atoms with Crippen molar-refractivity contribution in [3.8, 4) is 0 Å². The minimum Gasteiger partial charge on any atom is -0.487 e. The molecule has 4 N–H and O–H groups in total. The average molecular weight is 716 g/mol. The summed E-state index contributed by atoms with van der Waals surface area (Å²) in [5.41, 5.74) is 2.42. The Bertz CT molecular complexity index is 1530. The SMILES string of the molecule is C[C@H](CCC(=O)NC[C@H](O)[C@H]1OCC(OCc2ccccc2)=C1OCc1ccccc1)[C@H]1CC[C@H]2[C@@H]3[C@H](O)C[C@@H]4C[C@H](O)CC[C@]4(C)[C@H]3CC[C@]12C. The van der Waals surface area contributed by atoms with E-state index in [9.17, 15) is 20.1 Å². The number of ether oxygens (including phenoxy) is 3. The van der Waals surface area contributed by atoms with Crippen molar-refractivity contribution in [1.82, 2.24) is 5.32 Å². The Morgan fingerprint density at radius 1 is 0.885 bits per heavy atom. The summed E-state index contributed by atoms with van der Waals surface area (Å²) in [5.74, 6) is 3.70. The lowest BCUT2D eigenvalue weighted by Gasteiger charge is -2.62. The van der Waals surface area contributed by atoms with Crippen molar-refractivity contribution in [3.05, 3.63) is 83.3 Å². The van der Waals surface area contributed by atoms with Crippen LogP contribution in [-0.4, -0.2) is 58.8 Å². The molecule has 52 heavy (non-hydrogen) atoms. The molecule has 0 unspecified atom stereocenters. The van der Waals surface area contributed by atoms with E-state index in [1.165, 1.54) is 6.42 Å². The van der Waals surface area contributed by atoms with E-state index in [1.807, 2.05) is 60.7 Å². The first-order chi connectivity index (χ1) is 25.1. The van der Waals surface area contributed by atoms with Gasteiger partial charge in [-0.05, 0) is 115 Å². The Hall–Kier alpha value is -2.91. The molecule has 1 aliphatic heterocycles. The maximum Gasteiger partial charge on any atom is 0.220 e. The summed E-state index contributed by atoms with van der Waals surface area (Å²) in [6, 6.07) is 19.8. The van der Waals surface area contributed by atoms with E-state index in [-0.39, 0.29) is 42.1 Å². The van der Waals surface area contributed by atoms with Gasteiger partial charge < -0.3 is 34.8 Å². The Labute approximate surface area is 310 Å². The molecule has 0 saturated heterocycles. The van der Waals surface area contributed by atoms with Crippen LogP contribution in [0.1, 0.15) is 96.1 Å². The third-order valence-corrected chi connectivity index (χ3v) is 14.5. The number of fused-ring (bicyclic) bond motifs is 5. The maximum absolute atomic E-state index is 13.2. The van der Waals surface area contributed by atoms with Gasteiger partial charge in [0.2, 0.25) is 5.91 Å². The Balaban J connectivity index is 0.923. The van der Waals surface area contributed by atoms with Crippen molar-refractivity contribution in [1.29, 1.82) is 0 Å². The van der Waals surface area contributed by atoms with Gasteiger partial charge in [-0.1, -0.05) is 81.4 Å². The summed E-state index contributed by atoms with van der Waals surface area (Å²) >= 11 is 0. The fraction of sp³-hybridized carbons (Fsp3) is 0.659. The van der Waals surface area contributed by atoms with E-state index >= 15 is 0 Å². The number of nitrogens with one attached hydrogen (secondary N) is 1. The van der Waals surface area contributed by atoms with E-state index in [1.54, 1.807) is 0 Å². The number of aliphatic hydroxyl groups excluding tert-OH is 3. The highest BCUT2D eigenvalue weighted by Crippen LogP contribution is 2.68. The summed E-state index contributed by atoms with van der Waals surface area (Å²) in [7, 11) is 0. The lowest BCUT2D eigenvalue weighted by Crippen LogP contribution is -2.58. The Kier molecular flexibility index (Phi) is 11.4. The van der Waals surface area contributed by atoms with Gasteiger partial charge in [-0.15, -0.1) is 0 Å². The first kappa shape index (κ1) is 37.4. The van der Waals surface area contributed by atoms with Crippen molar-refractivity contribution in [2.45, 2.75) is 123 Å². The monoisotopic (exact) mass is 715 g/mol. The second kappa shape index (κ2) is 15.8. The summed E-state index contributed by atoms with van der Waals surface area (Å²) < 4.78 is 18.4. The summed E-state index contributed by atoms with van der Waals surface area (Å²) in [6.45, 7) is 8.19. The first-order valence-corrected chi connectivity index (χ1v) is 20.1. The highest BCUT2D eigenvalue weighted by Gasteiger charge is 2.62. The molecule has 4 aliphatic carbocycles. The smallest absolute Gasteiger partial charge is 0.220 e. The number of benzene rings is 2. The number of amides is 1. The molecule has 0 aromatic heterocycles. The second-order valence-electron chi connectivity index (χ2n) is 17.4. The summed E-state index contributed by atoms with van der Waals surface area (Å²) in [5, 5.41) is 36.2. The van der Waals surface area contributed by atoms with E-state index in [0.29, 0.717) is 66.7 Å². The minimum absolute atomic E-state index is 0.0585. The number of hydrogen-bond donors (Lipinski definition) is 4. The summed E-state index contributed by atoms with van der Waals surface area (Å²) in [6.07, 6.45) is 7.28. The van der Waals surface area contributed by atoms with Crippen LogP contribution in [0, 0.1) is 46.3 Å². The van der Waals surface area contributed by atoms with Crippen LogP contribution in [0.15, 0.2) is 72.2 Å². The number of hydrogen-bond acceptors (Lipinski definition) is 7. The molecule has 0 bridgehead atoms. The lowest BCUT2D eigenvalue weighted by atomic mass is 9.43. The van der Waals surface area contributed by atoms with Crippen LogP contribution in [0.3, 0.4) is 0 Å². The Morgan fingerprint density at radius 2 is 1.54 bits per heavy atom. The zero-order valence-corrected chi connectivity index (χ0v) is 31.4. The molecule has 5 aliphatic rings. The van der Waals surface area contributed by atoms with Crippen molar-refractivity contribution in [3.63, 3.8) is 0 Å². The standard InChI is InChI=1S/C44H61NO7/c1-28(33-15-16-34-40-35(19-21-44(33,34)3)43(2)20-18-32(46)22-31(43)23-36(40)47)14-17-39(49)45-24-37(48)41-42(51-26-30-12-8-5-9-13-30)38(27-52-41)50-25-29-10-6-4-7-11-29/h4-13,28,31-37,40-41,46-48H,14-27H2,1-3H3,(H,45,49)/t28-,31+,32-,33-,34+,35+,36-,37+,40+,41-,43+,44-/m1/s1. The van der Waals surface area contributed by atoms with E-state index in [2.05, 4.69) is 26.1 Å². The minimum atomic E-state index is -0.995.